The number of hydrogen-bond acceptors (Lipinski definition) is 2. The molecule has 2 unspecified atom stereocenters. The van der Waals surface area contributed by atoms with E-state index >= 15 is 0 Å². The standard InChI is InChI=1S/C15H18Cl2N2O/c16-9-4-7-11(12(17)8-9)15-13(18)2-1-3-14(20)19(15)10-5-6-10/h4,7-8,10,13,15H,1-3,5-6,18H2. The Balaban J connectivity index is 2.02. The summed E-state index contributed by atoms with van der Waals surface area (Å²) in [5.74, 6) is 0.205. The zero-order valence-corrected chi connectivity index (χ0v) is 12.7. The third-order valence-electron chi connectivity index (χ3n) is 4.14. The minimum absolute atomic E-state index is 0.0688. The van der Waals surface area contributed by atoms with Gasteiger partial charge in [0, 0.05) is 28.5 Å². The van der Waals surface area contributed by atoms with Crippen molar-refractivity contribution in [3.8, 4) is 0 Å². The van der Waals surface area contributed by atoms with Crippen LogP contribution >= 0.6 is 23.2 Å². The van der Waals surface area contributed by atoms with Gasteiger partial charge >= 0.3 is 0 Å². The van der Waals surface area contributed by atoms with Crippen molar-refractivity contribution >= 4 is 29.1 Å². The Morgan fingerprint density at radius 1 is 1.20 bits per heavy atom. The van der Waals surface area contributed by atoms with Crippen molar-refractivity contribution in [2.45, 2.75) is 50.2 Å². The SMILES string of the molecule is NC1CCCC(=O)N(C2CC2)C1c1ccc(Cl)cc1Cl. The monoisotopic (exact) mass is 312 g/mol. The summed E-state index contributed by atoms with van der Waals surface area (Å²) in [6, 6.07) is 5.59. The van der Waals surface area contributed by atoms with Gasteiger partial charge in [0.2, 0.25) is 5.91 Å². The molecule has 2 atom stereocenters. The van der Waals surface area contributed by atoms with Gasteiger partial charge in [-0.3, -0.25) is 4.79 Å². The minimum atomic E-state index is -0.123. The highest BCUT2D eigenvalue weighted by atomic mass is 35.5. The second-order valence-corrected chi connectivity index (χ2v) is 6.54. The number of hydrogen-bond donors (Lipinski definition) is 1. The van der Waals surface area contributed by atoms with Gasteiger partial charge in [-0.2, -0.15) is 0 Å². The largest absolute Gasteiger partial charge is 0.331 e. The molecule has 1 aromatic carbocycles. The molecule has 3 rings (SSSR count). The Labute approximate surface area is 129 Å². The van der Waals surface area contributed by atoms with Crippen LogP contribution in [0.25, 0.3) is 0 Å². The molecule has 1 amide bonds. The second-order valence-electron chi connectivity index (χ2n) is 5.70. The van der Waals surface area contributed by atoms with Gasteiger partial charge < -0.3 is 10.6 Å². The summed E-state index contributed by atoms with van der Waals surface area (Å²) in [4.78, 5) is 14.4. The molecule has 0 bridgehead atoms. The van der Waals surface area contributed by atoms with E-state index in [1.165, 1.54) is 0 Å². The summed E-state index contributed by atoms with van der Waals surface area (Å²) >= 11 is 12.3. The van der Waals surface area contributed by atoms with Crippen molar-refractivity contribution < 1.29 is 4.79 Å². The van der Waals surface area contributed by atoms with Crippen molar-refractivity contribution in [1.82, 2.24) is 4.90 Å². The Kier molecular flexibility index (Phi) is 3.93. The van der Waals surface area contributed by atoms with Gasteiger partial charge in [0.25, 0.3) is 0 Å². The van der Waals surface area contributed by atoms with Gasteiger partial charge in [0.1, 0.15) is 0 Å². The van der Waals surface area contributed by atoms with Gasteiger partial charge in [-0.25, -0.2) is 0 Å². The molecule has 108 valence electrons. The minimum Gasteiger partial charge on any atom is -0.331 e. The van der Waals surface area contributed by atoms with E-state index < -0.39 is 0 Å². The molecule has 1 heterocycles. The van der Waals surface area contributed by atoms with Crippen molar-refractivity contribution in [3.05, 3.63) is 33.8 Å². The topological polar surface area (TPSA) is 46.3 Å². The molecular weight excluding hydrogens is 295 g/mol. The summed E-state index contributed by atoms with van der Waals surface area (Å²) in [7, 11) is 0. The van der Waals surface area contributed by atoms with E-state index in [-0.39, 0.29) is 18.0 Å². The molecule has 1 aromatic rings. The fraction of sp³-hybridized carbons (Fsp3) is 0.533. The predicted molar refractivity (Wildman–Crippen MR) is 80.9 cm³/mol. The molecular formula is C15H18Cl2N2O. The lowest BCUT2D eigenvalue weighted by Gasteiger charge is -2.34. The molecule has 1 aliphatic carbocycles. The fourth-order valence-corrected chi connectivity index (χ4v) is 3.56. The first-order valence-corrected chi connectivity index (χ1v) is 7.85. The Bertz CT molecular complexity index is 531. The molecule has 1 saturated heterocycles. The summed E-state index contributed by atoms with van der Waals surface area (Å²) in [6.45, 7) is 0. The molecule has 5 heteroatoms. The molecule has 2 N–H and O–H groups in total. The zero-order valence-electron chi connectivity index (χ0n) is 11.2. The van der Waals surface area contributed by atoms with Gasteiger partial charge in [-0.1, -0.05) is 29.3 Å². The van der Waals surface area contributed by atoms with Crippen LogP contribution < -0.4 is 5.73 Å². The van der Waals surface area contributed by atoms with Crippen LogP contribution in [0.3, 0.4) is 0 Å². The number of likely N-dealkylation sites (tertiary alicyclic amines) is 1. The number of halogens is 2. The van der Waals surface area contributed by atoms with E-state index in [9.17, 15) is 4.79 Å². The molecule has 1 saturated carbocycles. The number of nitrogens with two attached hydrogens (primary N) is 1. The number of rotatable bonds is 2. The number of benzene rings is 1. The third kappa shape index (κ3) is 2.67. The van der Waals surface area contributed by atoms with Gasteiger partial charge in [-0.05, 0) is 43.4 Å². The number of carbonyl (C=O) groups excluding carboxylic acids is 1. The van der Waals surface area contributed by atoms with E-state index in [2.05, 4.69) is 0 Å². The van der Waals surface area contributed by atoms with E-state index in [0.717, 1.165) is 31.2 Å². The number of amides is 1. The van der Waals surface area contributed by atoms with Gasteiger partial charge in [-0.15, -0.1) is 0 Å². The number of nitrogens with zero attached hydrogens (tertiary/aromatic N) is 1. The van der Waals surface area contributed by atoms with Gasteiger partial charge in [0.05, 0.1) is 6.04 Å². The maximum absolute atomic E-state index is 12.4. The average molecular weight is 313 g/mol. The fourth-order valence-electron chi connectivity index (χ4n) is 3.04. The van der Waals surface area contributed by atoms with Crippen molar-refractivity contribution in [3.63, 3.8) is 0 Å². The Morgan fingerprint density at radius 2 is 1.95 bits per heavy atom. The lowest BCUT2D eigenvalue weighted by Crippen LogP contribution is -2.43. The van der Waals surface area contributed by atoms with E-state index in [1.54, 1.807) is 6.07 Å². The molecule has 0 aromatic heterocycles. The highest BCUT2D eigenvalue weighted by molar-refractivity contribution is 6.35. The summed E-state index contributed by atoms with van der Waals surface area (Å²) in [6.07, 6.45) is 4.43. The Morgan fingerprint density at radius 3 is 2.60 bits per heavy atom. The molecule has 3 nitrogen and oxygen atoms in total. The van der Waals surface area contributed by atoms with Crippen LogP contribution in [0.1, 0.15) is 43.7 Å². The van der Waals surface area contributed by atoms with Crippen LogP contribution in [-0.2, 0) is 4.79 Å². The van der Waals surface area contributed by atoms with Crippen LogP contribution in [0, 0.1) is 0 Å². The quantitative estimate of drug-likeness (QED) is 0.908. The van der Waals surface area contributed by atoms with E-state index in [4.69, 9.17) is 28.9 Å². The summed E-state index contributed by atoms with van der Waals surface area (Å²) < 4.78 is 0. The maximum Gasteiger partial charge on any atom is 0.223 e. The molecule has 1 aliphatic heterocycles. The van der Waals surface area contributed by atoms with Crippen LogP contribution in [-0.4, -0.2) is 22.9 Å². The molecule has 0 radical (unpaired) electrons. The normalized spacial score (nSPS) is 27.6. The number of carbonyl (C=O) groups is 1. The lowest BCUT2D eigenvalue weighted by atomic mass is 9.96. The van der Waals surface area contributed by atoms with Crippen LogP contribution in [0.2, 0.25) is 10.0 Å². The molecule has 2 aliphatic rings. The first-order valence-electron chi connectivity index (χ1n) is 7.09. The molecule has 0 spiro atoms. The van der Waals surface area contributed by atoms with E-state index in [1.807, 2.05) is 17.0 Å². The molecule has 2 fully saturated rings. The summed E-state index contributed by atoms with van der Waals surface area (Å²) in [5.41, 5.74) is 7.27. The van der Waals surface area contributed by atoms with E-state index in [0.29, 0.717) is 22.5 Å². The maximum atomic E-state index is 12.4. The first kappa shape index (κ1) is 14.2. The zero-order chi connectivity index (χ0) is 14.3. The third-order valence-corrected chi connectivity index (χ3v) is 4.71. The predicted octanol–water partition coefficient (Wildman–Crippen LogP) is 3.54. The van der Waals surface area contributed by atoms with Crippen LogP contribution in [0.5, 0.6) is 0 Å². The summed E-state index contributed by atoms with van der Waals surface area (Å²) in [5, 5.41) is 1.20. The first-order chi connectivity index (χ1) is 9.58. The van der Waals surface area contributed by atoms with Crippen molar-refractivity contribution in [2.24, 2.45) is 5.73 Å². The van der Waals surface area contributed by atoms with Gasteiger partial charge in [0.15, 0.2) is 0 Å². The van der Waals surface area contributed by atoms with Crippen LogP contribution in [0.15, 0.2) is 18.2 Å². The lowest BCUT2D eigenvalue weighted by molar-refractivity contribution is -0.133. The second kappa shape index (κ2) is 5.55. The smallest absolute Gasteiger partial charge is 0.223 e. The average Bonchev–Trinajstić information content (AvgIpc) is 3.20. The van der Waals surface area contributed by atoms with Crippen LogP contribution in [0.4, 0.5) is 0 Å². The molecule has 20 heavy (non-hydrogen) atoms. The van der Waals surface area contributed by atoms with Crippen molar-refractivity contribution in [1.29, 1.82) is 0 Å². The highest BCUT2D eigenvalue weighted by Crippen LogP contribution is 2.41. The highest BCUT2D eigenvalue weighted by Gasteiger charge is 2.42. The Hall–Kier alpha value is -0.770. The van der Waals surface area contributed by atoms with Crippen molar-refractivity contribution in [2.75, 3.05) is 0 Å².